The SMILES string of the molecule is Cc1ccc([C@@H](NC(=O)CN2CCn3c(C)nnc3C2)C2CC2)cc1. The van der Waals surface area contributed by atoms with E-state index < -0.39 is 0 Å². The maximum absolute atomic E-state index is 12.6. The average Bonchev–Trinajstić information content (AvgIpc) is 3.38. The fourth-order valence-electron chi connectivity index (χ4n) is 3.59. The zero-order valence-corrected chi connectivity index (χ0v) is 14.9. The lowest BCUT2D eigenvalue weighted by Gasteiger charge is -2.28. The van der Waals surface area contributed by atoms with Crippen molar-refractivity contribution in [3.8, 4) is 0 Å². The highest BCUT2D eigenvalue weighted by Gasteiger charge is 2.33. The molecule has 1 fully saturated rings. The van der Waals surface area contributed by atoms with Crippen LogP contribution in [0, 0.1) is 19.8 Å². The van der Waals surface area contributed by atoms with Crippen LogP contribution in [0.5, 0.6) is 0 Å². The van der Waals surface area contributed by atoms with Gasteiger partial charge in [0.15, 0.2) is 0 Å². The van der Waals surface area contributed by atoms with Crippen molar-refractivity contribution in [1.82, 2.24) is 25.0 Å². The van der Waals surface area contributed by atoms with Crippen LogP contribution in [-0.4, -0.2) is 38.7 Å². The van der Waals surface area contributed by atoms with Crippen molar-refractivity contribution in [2.75, 3.05) is 13.1 Å². The molecule has 6 nitrogen and oxygen atoms in total. The quantitative estimate of drug-likeness (QED) is 0.905. The van der Waals surface area contributed by atoms with Crippen LogP contribution in [0.15, 0.2) is 24.3 Å². The zero-order valence-electron chi connectivity index (χ0n) is 14.9. The Hall–Kier alpha value is -2.21. The molecule has 6 heteroatoms. The van der Waals surface area contributed by atoms with E-state index in [1.165, 1.54) is 24.0 Å². The molecule has 1 aromatic carbocycles. The third kappa shape index (κ3) is 3.58. The highest BCUT2D eigenvalue weighted by atomic mass is 16.2. The Morgan fingerprint density at radius 1 is 1.20 bits per heavy atom. The number of amides is 1. The van der Waals surface area contributed by atoms with Crippen molar-refractivity contribution in [2.24, 2.45) is 5.92 Å². The maximum Gasteiger partial charge on any atom is 0.234 e. The largest absolute Gasteiger partial charge is 0.348 e. The summed E-state index contributed by atoms with van der Waals surface area (Å²) in [5.41, 5.74) is 2.47. The number of hydrogen-bond acceptors (Lipinski definition) is 4. The number of aryl methyl sites for hydroxylation is 2. The molecule has 25 heavy (non-hydrogen) atoms. The molecule has 2 aromatic rings. The molecule has 1 atom stereocenters. The van der Waals surface area contributed by atoms with E-state index in [-0.39, 0.29) is 11.9 Å². The molecular formula is C19H25N5O. The molecule has 0 spiro atoms. The first-order chi connectivity index (χ1) is 12.1. The second-order valence-corrected chi connectivity index (χ2v) is 7.32. The Bertz CT molecular complexity index is 763. The predicted octanol–water partition coefficient (Wildman–Crippen LogP) is 1.98. The average molecular weight is 339 g/mol. The number of nitrogens with one attached hydrogen (secondary N) is 1. The lowest BCUT2D eigenvalue weighted by Crippen LogP contribution is -2.42. The first-order valence-corrected chi connectivity index (χ1v) is 9.07. The highest BCUT2D eigenvalue weighted by Crippen LogP contribution is 2.41. The van der Waals surface area contributed by atoms with Crippen molar-refractivity contribution in [3.63, 3.8) is 0 Å². The van der Waals surface area contributed by atoms with Gasteiger partial charge in [-0.05, 0) is 38.2 Å². The predicted molar refractivity (Wildman–Crippen MR) is 94.8 cm³/mol. The fourth-order valence-corrected chi connectivity index (χ4v) is 3.59. The lowest BCUT2D eigenvalue weighted by molar-refractivity contribution is -0.123. The van der Waals surface area contributed by atoms with Crippen molar-refractivity contribution in [3.05, 3.63) is 47.0 Å². The monoisotopic (exact) mass is 339 g/mol. The summed E-state index contributed by atoms with van der Waals surface area (Å²) in [5.74, 6) is 2.59. The van der Waals surface area contributed by atoms with Gasteiger partial charge < -0.3 is 9.88 Å². The minimum atomic E-state index is 0.0992. The van der Waals surface area contributed by atoms with Crippen molar-refractivity contribution in [1.29, 1.82) is 0 Å². The number of aromatic nitrogens is 3. The van der Waals surface area contributed by atoms with Gasteiger partial charge in [-0.15, -0.1) is 10.2 Å². The second kappa shape index (κ2) is 6.59. The van der Waals surface area contributed by atoms with Gasteiger partial charge in [0, 0.05) is 13.1 Å². The van der Waals surface area contributed by atoms with Crippen molar-refractivity contribution in [2.45, 2.75) is 45.8 Å². The van der Waals surface area contributed by atoms with Crippen LogP contribution >= 0.6 is 0 Å². The number of rotatable bonds is 5. The Morgan fingerprint density at radius 2 is 1.96 bits per heavy atom. The van der Waals surface area contributed by atoms with E-state index in [1.807, 2.05) is 6.92 Å². The normalized spacial score (nSPS) is 18.6. The van der Waals surface area contributed by atoms with E-state index in [9.17, 15) is 4.79 Å². The van der Waals surface area contributed by atoms with Crippen LogP contribution in [0.2, 0.25) is 0 Å². The van der Waals surface area contributed by atoms with Crippen molar-refractivity contribution < 1.29 is 4.79 Å². The van der Waals surface area contributed by atoms with E-state index in [0.29, 0.717) is 19.0 Å². The Labute approximate surface area is 148 Å². The van der Waals surface area contributed by atoms with Gasteiger partial charge in [-0.3, -0.25) is 9.69 Å². The third-order valence-corrected chi connectivity index (χ3v) is 5.23. The second-order valence-electron chi connectivity index (χ2n) is 7.32. The molecule has 0 radical (unpaired) electrons. The molecule has 4 rings (SSSR count). The van der Waals surface area contributed by atoms with E-state index in [4.69, 9.17) is 0 Å². The van der Waals surface area contributed by atoms with Gasteiger partial charge in [0.05, 0.1) is 19.1 Å². The van der Waals surface area contributed by atoms with Gasteiger partial charge in [0.1, 0.15) is 11.6 Å². The summed E-state index contributed by atoms with van der Waals surface area (Å²) in [4.78, 5) is 14.8. The molecular weight excluding hydrogens is 314 g/mol. The third-order valence-electron chi connectivity index (χ3n) is 5.23. The summed E-state index contributed by atoms with van der Waals surface area (Å²) in [6, 6.07) is 8.67. The molecule has 1 amide bonds. The minimum absolute atomic E-state index is 0.0992. The summed E-state index contributed by atoms with van der Waals surface area (Å²) >= 11 is 0. The Kier molecular flexibility index (Phi) is 4.29. The van der Waals surface area contributed by atoms with Crippen LogP contribution in [0.25, 0.3) is 0 Å². The summed E-state index contributed by atoms with van der Waals surface area (Å²) < 4.78 is 2.13. The van der Waals surface area contributed by atoms with Crippen LogP contribution in [-0.2, 0) is 17.9 Å². The van der Waals surface area contributed by atoms with Crippen LogP contribution in [0.1, 0.15) is 41.7 Å². The first kappa shape index (κ1) is 16.3. The Morgan fingerprint density at radius 3 is 2.68 bits per heavy atom. The number of carbonyl (C=O) groups is 1. The highest BCUT2D eigenvalue weighted by molar-refractivity contribution is 5.78. The number of hydrogen-bond donors (Lipinski definition) is 1. The van der Waals surface area contributed by atoms with Gasteiger partial charge >= 0.3 is 0 Å². The van der Waals surface area contributed by atoms with Crippen LogP contribution in [0.4, 0.5) is 0 Å². The molecule has 132 valence electrons. The zero-order chi connectivity index (χ0) is 17.4. The Balaban J connectivity index is 1.38. The topological polar surface area (TPSA) is 63.1 Å². The van der Waals surface area contributed by atoms with Gasteiger partial charge in [0.25, 0.3) is 0 Å². The van der Waals surface area contributed by atoms with Crippen molar-refractivity contribution >= 4 is 5.91 Å². The molecule has 2 aliphatic rings. The van der Waals surface area contributed by atoms with Crippen LogP contribution < -0.4 is 5.32 Å². The first-order valence-electron chi connectivity index (χ1n) is 9.07. The number of carbonyl (C=O) groups excluding carboxylic acids is 1. The fraction of sp³-hybridized carbons (Fsp3) is 0.526. The molecule has 2 heterocycles. The molecule has 0 unspecified atom stereocenters. The van der Waals surface area contributed by atoms with Gasteiger partial charge in [-0.1, -0.05) is 29.8 Å². The minimum Gasteiger partial charge on any atom is -0.348 e. The van der Waals surface area contributed by atoms with Gasteiger partial charge in [-0.25, -0.2) is 0 Å². The number of nitrogens with zero attached hydrogens (tertiary/aromatic N) is 4. The number of fused-ring (bicyclic) bond motifs is 1. The molecule has 1 aliphatic carbocycles. The maximum atomic E-state index is 12.6. The summed E-state index contributed by atoms with van der Waals surface area (Å²) in [7, 11) is 0. The molecule has 1 aliphatic heterocycles. The summed E-state index contributed by atoms with van der Waals surface area (Å²) in [5, 5.41) is 11.6. The van der Waals surface area contributed by atoms with Crippen LogP contribution in [0.3, 0.4) is 0 Å². The van der Waals surface area contributed by atoms with Gasteiger partial charge in [0.2, 0.25) is 5.91 Å². The lowest BCUT2D eigenvalue weighted by atomic mass is 10.0. The van der Waals surface area contributed by atoms with E-state index in [0.717, 1.165) is 24.7 Å². The molecule has 0 bridgehead atoms. The van der Waals surface area contributed by atoms with E-state index in [1.54, 1.807) is 0 Å². The smallest absolute Gasteiger partial charge is 0.234 e. The van der Waals surface area contributed by atoms with E-state index in [2.05, 4.69) is 56.2 Å². The molecule has 1 saturated carbocycles. The molecule has 1 N–H and O–H groups in total. The number of benzene rings is 1. The summed E-state index contributed by atoms with van der Waals surface area (Å²) in [6.07, 6.45) is 2.40. The molecule has 0 saturated heterocycles. The molecule has 1 aromatic heterocycles. The standard InChI is InChI=1S/C19H25N5O/c1-13-3-5-15(6-4-13)19(16-7-8-16)20-18(25)12-23-9-10-24-14(2)21-22-17(24)11-23/h3-6,16,19H,7-12H2,1-2H3,(H,20,25)/t19-/m1/s1. The summed E-state index contributed by atoms with van der Waals surface area (Å²) in [6.45, 7) is 6.88. The van der Waals surface area contributed by atoms with Gasteiger partial charge in [-0.2, -0.15) is 0 Å². The van der Waals surface area contributed by atoms with E-state index >= 15 is 0 Å².